The fourth-order valence-electron chi connectivity index (χ4n) is 4.38. The number of phenolic OH excluding ortho intramolecular Hbond substituents is 1. The maximum atomic E-state index is 13.2. The van der Waals surface area contributed by atoms with E-state index in [-0.39, 0.29) is 11.5 Å². The first-order valence-electron chi connectivity index (χ1n) is 13.0. The number of phenols is 1. The van der Waals surface area contributed by atoms with Crippen molar-refractivity contribution in [2.24, 2.45) is 0 Å². The highest BCUT2D eigenvalue weighted by Gasteiger charge is 2.31. The van der Waals surface area contributed by atoms with Crippen molar-refractivity contribution < 1.29 is 34.2 Å². The van der Waals surface area contributed by atoms with Gasteiger partial charge in [0.2, 0.25) is 0 Å². The molecular formula is C32H30N2O7. The van der Waals surface area contributed by atoms with Gasteiger partial charge in [0.25, 0.3) is 5.91 Å². The average Bonchev–Trinajstić information content (AvgIpc) is 2.99. The maximum Gasteiger partial charge on any atom is 0.412 e. The number of aromatic hydroxyl groups is 1. The summed E-state index contributed by atoms with van der Waals surface area (Å²) >= 11 is 0. The summed E-state index contributed by atoms with van der Waals surface area (Å²) in [6.07, 6.45) is 1.03. The number of ketones is 1. The lowest BCUT2D eigenvalue weighted by atomic mass is 9.94. The number of allylic oxidation sites excluding steroid dienone is 1. The summed E-state index contributed by atoms with van der Waals surface area (Å²) in [4.78, 5) is 36.3. The molecule has 0 radical (unpaired) electrons. The lowest BCUT2D eigenvalue weighted by molar-refractivity contribution is -0.124. The fraction of sp³-hybridized carbons (Fsp3) is 0.156. The summed E-state index contributed by atoms with van der Waals surface area (Å²) in [5.74, 6) is -0.133. The smallest absolute Gasteiger partial charge is 0.412 e. The number of Topliss-reactive ketones (excluding diaryl/α,β-unsaturated/α-hetero) is 1. The number of carbonyl (C=O) groups excluding carboxylic acids is 3. The van der Waals surface area contributed by atoms with Gasteiger partial charge in [-0.15, -0.1) is 0 Å². The molecule has 9 nitrogen and oxygen atoms in total. The van der Waals surface area contributed by atoms with E-state index in [4.69, 9.17) is 14.7 Å². The third kappa shape index (κ3) is 7.71. The van der Waals surface area contributed by atoms with Crippen LogP contribution in [0.1, 0.15) is 41.8 Å². The van der Waals surface area contributed by atoms with E-state index in [1.165, 1.54) is 19.1 Å². The van der Waals surface area contributed by atoms with Crippen LogP contribution in [0.5, 0.6) is 11.5 Å². The van der Waals surface area contributed by atoms with Gasteiger partial charge in [0, 0.05) is 28.3 Å². The first-order chi connectivity index (χ1) is 19.9. The molecule has 210 valence electrons. The number of amides is 2. The highest BCUT2D eigenvalue weighted by atomic mass is 16.6. The van der Waals surface area contributed by atoms with E-state index >= 15 is 0 Å². The molecule has 2 atom stereocenters. The Labute approximate surface area is 237 Å². The van der Waals surface area contributed by atoms with Crippen LogP contribution in [0.15, 0.2) is 103 Å². The van der Waals surface area contributed by atoms with Crippen LogP contribution in [0.2, 0.25) is 0 Å². The molecule has 9 heteroatoms. The predicted molar refractivity (Wildman–Crippen MR) is 154 cm³/mol. The monoisotopic (exact) mass is 554 g/mol. The van der Waals surface area contributed by atoms with Crippen molar-refractivity contribution in [3.63, 3.8) is 0 Å². The Morgan fingerprint density at radius 2 is 1.56 bits per heavy atom. The number of carbonyl (C=O) groups is 3. The molecule has 0 spiro atoms. The van der Waals surface area contributed by atoms with Gasteiger partial charge in [-0.1, -0.05) is 54.6 Å². The molecule has 0 heterocycles. The number of benzene rings is 4. The van der Waals surface area contributed by atoms with Crippen LogP contribution >= 0.6 is 0 Å². The molecule has 0 fully saturated rings. The van der Waals surface area contributed by atoms with Gasteiger partial charge in [0.15, 0.2) is 11.9 Å². The Hall–Kier alpha value is -5.15. The summed E-state index contributed by atoms with van der Waals surface area (Å²) in [6.45, 7) is 1.46. The third-order valence-electron chi connectivity index (χ3n) is 6.38. The van der Waals surface area contributed by atoms with Gasteiger partial charge in [-0.05, 0) is 67.6 Å². The normalized spacial score (nSPS) is 12.4. The lowest BCUT2D eigenvalue weighted by Crippen LogP contribution is -2.31. The Morgan fingerprint density at radius 1 is 0.878 bits per heavy atom. The molecule has 4 aromatic rings. The largest absolute Gasteiger partial charge is 0.507 e. The van der Waals surface area contributed by atoms with E-state index in [0.717, 1.165) is 0 Å². The van der Waals surface area contributed by atoms with E-state index in [1.54, 1.807) is 66.2 Å². The van der Waals surface area contributed by atoms with Crippen molar-refractivity contribution in [3.05, 3.63) is 114 Å². The highest BCUT2D eigenvalue weighted by molar-refractivity contribution is 5.95. The van der Waals surface area contributed by atoms with Gasteiger partial charge in [-0.2, -0.15) is 0 Å². The van der Waals surface area contributed by atoms with Crippen LogP contribution < -0.4 is 15.5 Å². The van der Waals surface area contributed by atoms with Gasteiger partial charge < -0.3 is 14.6 Å². The number of nitrogens with one attached hydrogen (secondary N) is 2. The zero-order valence-electron chi connectivity index (χ0n) is 22.3. The topological polar surface area (TPSA) is 134 Å². The number of para-hydroxylation sites is 1. The molecule has 0 aliphatic heterocycles. The number of fused-ring (bicyclic) bond motifs is 1. The van der Waals surface area contributed by atoms with Gasteiger partial charge >= 0.3 is 6.09 Å². The molecule has 0 bridgehead atoms. The van der Waals surface area contributed by atoms with Gasteiger partial charge in [-0.25, -0.2) is 10.3 Å². The summed E-state index contributed by atoms with van der Waals surface area (Å²) < 4.78 is 12.4. The molecule has 4 rings (SSSR count). The highest BCUT2D eigenvalue weighted by Crippen LogP contribution is 2.36. The average molecular weight is 555 g/mol. The second kappa shape index (κ2) is 13.8. The first kappa shape index (κ1) is 28.8. The van der Waals surface area contributed by atoms with E-state index in [0.29, 0.717) is 46.2 Å². The van der Waals surface area contributed by atoms with Crippen molar-refractivity contribution >= 4 is 34.2 Å². The molecule has 0 aromatic heterocycles. The molecule has 4 N–H and O–H groups in total. The number of anilines is 1. The molecule has 0 unspecified atom stereocenters. The van der Waals surface area contributed by atoms with E-state index in [9.17, 15) is 19.5 Å². The molecule has 0 saturated heterocycles. The van der Waals surface area contributed by atoms with E-state index in [1.807, 2.05) is 30.3 Å². The van der Waals surface area contributed by atoms with Crippen LogP contribution in [0.4, 0.5) is 10.5 Å². The van der Waals surface area contributed by atoms with Crippen molar-refractivity contribution in [2.75, 3.05) is 5.32 Å². The molecule has 4 aromatic carbocycles. The second-order valence-electron chi connectivity index (χ2n) is 9.23. The molecule has 0 saturated carbocycles. The first-order valence-corrected chi connectivity index (χ1v) is 13.0. The van der Waals surface area contributed by atoms with Crippen molar-refractivity contribution in [2.45, 2.75) is 32.0 Å². The van der Waals surface area contributed by atoms with Crippen molar-refractivity contribution in [1.29, 1.82) is 0 Å². The minimum Gasteiger partial charge on any atom is -0.507 e. The predicted octanol–water partition coefficient (Wildman–Crippen LogP) is 6.33. The molecular weight excluding hydrogens is 524 g/mol. The minimum absolute atomic E-state index is 0.0802. The maximum absolute atomic E-state index is 13.2. The molecule has 0 aliphatic carbocycles. The number of ether oxygens (including phenoxy) is 2. The summed E-state index contributed by atoms with van der Waals surface area (Å²) in [5.41, 5.74) is 3.11. The number of hydrogen-bond acceptors (Lipinski definition) is 7. The summed E-state index contributed by atoms with van der Waals surface area (Å²) in [7, 11) is 0. The van der Waals surface area contributed by atoms with Crippen LogP contribution in [-0.4, -0.2) is 34.2 Å². The zero-order valence-corrected chi connectivity index (χ0v) is 22.3. The van der Waals surface area contributed by atoms with Crippen LogP contribution in [-0.2, 0) is 9.53 Å². The van der Waals surface area contributed by atoms with Crippen molar-refractivity contribution in [1.82, 2.24) is 5.48 Å². The SMILES string of the molecule is CC(=O)c1ccc(NC(=O)O[C@@H](c2ccc(O)c3ccccc23)[C@H](CC/C=C/C(=O)NO)Oc2ccccc2)cc1. The van der Waals surface area contributed by atoms with Crippen LogP contribution in [0.25, 0.3) is 10.8 Å². The van der Waals surface area contributed by atoms with Gasteiger partial charge in [0.1, 0.15) is 17.6 Å². The Bertz CT molecular complexity index is 1540. The van der Waals surface area contributed by atoms with E-state index in [2.05, 4.69) is 5.32 Å². The minimum atomic E-state index is -0.947. The number of hydrogen-bond donors (Lipinski definition) is 4. The third-order valence-corrected chi connectivity index (χ3v) is 6.38. The Balaban J connectivity index is 1.70. The van der Waals surface area contributed by atoms with Gasteiger partial charge in [0.05, 0.1) is 0 Å². The summed E-state index contributed by atoms with van der Waals surface area (Å²) in [5, 5.41) is 23.2. The molecule has 0 aliphatic rings. The summed E-state index contributed by atoms with van der Waals surface area (Å²) in [6, 6.07) is 25.9. The quantitative estimate of drug-likeness (QED) is 0.0737. The van der Waals surface area contributed by atoms with E-state index < -0.39 is 24.2 Å². The molecule has 2 amide bonds. The Kier molecular flexibility index (Phi) is 9.69. The molecule has 41 heavy (non-hydrogen) atoms. The zero-order chi connectivity index (χ0) is 29.2. The van der Waals surface area contributed by atoms with Crippen molar-refractivity contribution in [3.8, 4) is 11.5 Å². The second-order valence-corrected chi connectivity index (χ2v) is 9.23. The van der Waals surface area contributed by atoms with Crippen LogP contribution in [0, 0.1) is 0 Å². The van der Waals surface area contributed by atoms with Gasteiger partial charge in [-0.3, -0.25) is 20.1 Å². The fourth-order valence-corrected chi connectivity index (χ4v) is 4.38. The number of rotatable bonds is 11. The standard InChI is InChI=1S/C32H30N2O7/c1-21(35)22-15-17-23(18-16-22)33-32(38)41-31(27-19-20-28(36)26-12-6-5-11-25(26)27)29(13-7-8-14-30(37)34-39)40-24-9-3-2-4-10-24/h2-6,8-12,14-20,29,31,36,39H,7,13H2,1H3,(H,33,38)(H,34,37)/b14-8+/t29-,31-/m0/s1. The van der Waals surface area contributed by atoms with Crippen LogP contribution in [0.3, 0.4) is 0 Å². The lowest BCUT2D eigenvalue weighted by Gasteiger charge is -2.29. The number of hydroxylamine groups is 1. The Morgan fingerprint density at radius 3 is 2.24 bits per heavy atom.